The van der Waals surface area contributed by atoms with Crippen molar-refractivity contribution in [1.29, 1.82) is 0 Å². The summed E-state index contributed by atoms with van der Waals surface area (Å²) in [5.74, 6) is 1.44. The van der Waals surface area contributed by atoms with Crippen molar-refractivity contribution >= 4 is 10.8 Å². The lowest BCUT2D eigenvalue weighted by Crippen LogP contribution is -2.27. The summed E-state index contributed by atoms with van der Waals surface area (Å²) in [7, 11) is -0.590. The smallest absolute Gasteiger partial charge is 0.0363 e. The van der Waals surface area contributed by atoms with Gasteiger partial charge in [-0.3, -0.25) is 4.21 Å². The predicted molar refractivity (Wildman–Crippen MR) is 63.0 cm³/mol. The topological polar surface area (TPSA) is 29.1 Å². The van der Waals surface area contributed by atoms with Crippen LogP contribution < -0.4 is 5.32 Å². The minimum Gasteiger partial charge on any atom is -0.314 e. The molecule has 0 aromatic heterocycles. The van der Waals surface area contributed by atoms with Gasteiger partial charge in [-0.05, 0) is 31.7 Å². The van der Waals surface area contributed by atoms with Gasteiger partial charge in [-0.25, -0.2) is 0 Å². The van der Waals surface area contributed by atoms with E-state index >= 15 is 0 Å². The third-order valence-electron chi connectivity index (χ3n) is 2.75. The highest BCUT2D eigenvalue weighted by atomic mass is 32.2. The van der Waals surface area contributed by atoms with Crippen LogP contribution in [-0.4, -0.2) is 27.8 Å². The van der Waals surface area contributed by atoms with Crippen molar-refractivity contribution < 1.29 is 4.21 Å². The van der Waals surface area contributed by atoms with Gasteiger partial charge < -0.3 is 5.32 Å². The second kappa shape index (κ2) is 5.86. The van der Waals surface area contributed by atoms with Gasteiger partial charge in [0.05, 0.1) is 0 Å². The van der Waals surface area contributed by atoms with E-state index in [1.54, 1.807) is 0 Å². The fraction of sp³-hybridized carbons (Fsp3) is 1.00. The Balaban J connectivity index is 2.30. The first-order chi connectivity index (χ1) is 6.63. The number of nitrogens with one attached hydrogen (secondary N) is 1. The van der Waals surface area contributed by atoms with E-state index in [0.29, 0.717) is 17.2 Å². The molecule has 0 heterocycles. The zero-order valence-corrected chi connectivity index (χ0v) is 10.4. The van der Waals surface area contributed by atoms with Crippen LogP contribution in [-0.2, 0) is 10.8 Å². The molecule has 0 radical (unpaired) electrons. The molecular formula is C11H23NOS. The first-order valence-electron chi connectivity index (χ1n) is 5.74. The maximum absolute atomic E-state index is 11.9. The van der Waals surface area contributed by atoms with Crippen molar-refractivity contribution in [3.05, 3.63) is 0 Å². The molecule has 1 N–H and O–H groups in total. The Morgan fingerprint density at radius 3 is 2.71 bits per heavy atom. The molecule has 0 bridgehead atoms. The van der Waals surface area contributed by atoms with Crippen LogP contribution >= 0.6 is 0 Å². The van der Waals surface area contributed by atoms with Crippen LogP contribution in [0.25, 0.3) is 0 Å². The van der Waals surface area contributed by atoms with Crippen molar-refractivity contribution in [2.75, 3.05) is 12.3 Å². The Hall–Kier alpha value is 0.110. The summed E-state index contributed by atoms with van der Waals surface area (Å²) in [5.41, 5.74) is 0. The first-order valence-corrected chi connectivity index (χ1v) is 7.12. The zero-order chi connectivity index (χ0) is 10.6. The maximum atomic E-state index is 11.9. The Morgan fingerprint density at radius 2 is 2.14 bits per heavy atom. The molecule has 1 fully saturated rings. The van der Waals surface area contributed by atoms with E-state index in [1.165, 1.54) is 6.42 Å². The first kappa shape index (κ1) is 12.2. The normalized spacial score (nSPS) is 29.7. The van der Waals surface area contributed by atoms with Gasteiger partial charge >= 0.3 is 0 Å². The lowest BCUT2D eigenvalue weighted by molar-refractivity contribution is 0.542. The molecule has 1 saturated carbocycles. The summed E-state index contributed by atoms with van der Waals surface area (Å²) >= 11 is 0. The molecule has 3 unspecified atom stereocenters. The molecule has 0 aromatic carbocycles. The second-order valence-corrected chi connectivity index (χ2v) is 6.39. The van der Waals surface area contributed by atoms with Crippen molar-refractivity contribution in [1.82, 2.24) is 5.32 Å². The average Bonchev–Trinajstić information content (AvgIpc) is 2.52. The molecule has 14 heavy (non-hydrogen) atoms. The summed E-state index contributed by atoms with van der Waals surface area (Å²) in [6.07, 6.45) is 3.48. The van der Waals surface area contributed by atoms with Gasteiger partial charge in [0, 0.05) is 27.8 Å². The Kier molecular flexibility index (Phi) is 5.10. The zero-order valence-electron chi connectivity index (χ0n) is 9.58. The average molecular weight is 217 g/mol. The van der Waals surface area contributed by atoms with Crippen LogP contribution in [0.4, 0.5) is 0 Å². The third kappa shape index (κ3) is 3.70. The van der Waals surface area contributed by atoms with Crippen LogP contribution in [0.2, 0.25) is 0 Å². The molecule has 0 saturated heterocycles. The summed E-state index contributed by atoms with van der Waals surface area (Å²) in [4.78, 5) is 0. The van der Waals surface area contributed by atoms with E-state index < -0.39 is 10.8 Å². The molecular weight excluding hydrogens is 194 g/mol. The van der Waals surface area contributed by atoms with E-state index in [2.05, 4.69) is 26.1 Å². The van der Waals surface area contributed by atoms with Gasteiger partial charge in [0.15, 0.2) is 0 Å². The van der Waals surface area contributed by atoms with Gasteiger partial charge in [-0.1, -0.05) is 20.8 Å². The standard InChI is InChI=1S/C11H23NOS/c1-4-12-10-5-6-11(7-10)14(13)8-9(2)3/h9-12H,4-8H2,1-3H3. The monoisotopic (exact) mass is 217 g/mol. The van der Waals surface area contributed by atoms with Gasteiger partial charge in [0.25, 0.3) is 0 Å². The Labute approximate surface area is 90.3 Å². The quantitative estimate of drug-likeness (QED) is 0.762. The van der Waals surface area contributed by atoms with Crippen molar-refractivity contribution in [3.63, 3.8) is 0 Å². The number of hydrogen-bond donors (Lipinski definition) is 1. The van der Waals surface area contributed by atoms with Gasteiger partial charge in [-0.2, -0.15) is 0 Å². The van der Waals surface area contributed by atoms with E-state index in [4.69, 9.17) is 0 Å². The van der Waals surface area contributed by atoms with E-state index in [1.807, 2.05) is 0 Å². The van der Waals surface area contributed by atoms with Crippen molar-refractivity contribution in [2.24, 2.45) is 5.92 Å². The molecule has 2 nitrogen and oxygen atoms in total. The van der Waals surface area contributed by atoms with Crippen LogP contribution in [0.5, 0.6) is 0 Å². The minimum absolute atomic E-state index is 0.460. The van der Waals surface area contributed by atoms with Crippen LogP contribution in [0, 0.1) is 5.92 Å². The number of hydrogen-bond acceptors (Lipinski definition) is 2. The molecule has 1 aliphatic rings. The maximum Gasteiger partial charge on any atom is 0.0363 e. The molecule has 1 aliphatic carbocycles. The predicted octanol–water partition coefficient (Wildman–Crippen LogP) is 1.92. The highest BCUT2D eigenvalue weighted by Crippen LogP contribution is 2.24. The molecule has 84 valence electrons. The Morgan fingerprint density at radius 1 is 1.43 bits per heavy atom. The highest BCUT2D eigenvalue weighted by molar-refractivity contribution is 7.85. The summed E-state index contributed by atoms with van der Waals surface area (Å²) in [6, 6.07) is 0.626. The van der Waals surface area contributed by atoms with Crippen LogP contribution in [0.3, 0.4) is 0 Å². The van der Waals surface area contributed by atoms with Crippen LogP contribution in [0.15, 0.2) is 0 Å². The second-order valence-electron chi connectivity index (χ2n) is 4.63. The van der Waals surface area contributed by atoms with E-state index in [9.17, 15) is 4.21 Å². The Bertz CT molecular complexity index is 194. The molecule has 0 amide bonds. The number of rotatable bonds is 5. The summed E-state index contributed by atoms with van der Waals surface area (Å²) < 4.78 is 11.9. The van der Waals surface area contributed by atoms with Gasteiger partial charge in [0.2, 0.25) is 0 Å². The lowest BCUT2D eigenvalue weighted by atomic mass is 10.2. The fourth-order valence-electron chi connectivity index (χ4n) is 2.12. The lowest BCUT2D eigenvalue weighted by Gasteiger charge is -2.13. The molecule has 1 rings (SSSR count). The van der Waals surface area contributed by atoms with Gasteiger partial charge in [-0.15, -0.1) is 0 Å². The van der Waals surface area contributed by atoms with Crippen LogP contribution in [0.1, 0.15) is 40.0 Å². The molecule has 0 aliphatic heterocycles. The SMILES string of the molecule is CCNC1CCC(S(=O)CC(C)C)C1. The molecule has 0 spiro atoms. The third-order valence-corrected chi connectivity index (χ3v) is 4.91. The summed E-state index contributed by atoms with van der Waals surface area (Å²) in [6.45, 7) is 7.47. The largest absolute Gasteiger partial charge is 0.314 e. The highest BCUT2D eigenvalue weighted by Gasteiger charge is 2.28. The van der Waals surface area contributed by atoms with Crippen molar-refractivity contribution in [2.45, 2.75) is 51.3 Å². The molecule has 0 aromatic rings. The molecule has 3 atom stereocenters. The minimum atomic E-state index is -0.590. The van der Waals surface area contributed by atoms with Crippen molar-refractivity contribution in [3.8, 4) is 0 Å². The molecule has 3 heteroatoms. The van der Waals surface area contributed by atoms with Gasteiger partial charge in [0.1, 0.15) is 0 Å². The fourth-order valence-corrected chi connectivity index (χ4v) is 3.89. The van der Waals surface area contributed by atoms with E-state index in [0.717, 1.165) is 25.1 Å². The summed E-state index contributed by atoms with van der Waals surface area (Å²) in [5, 5.41) is 3.91. The van der Waals surface area contributed by atoms with E-state index in [-0.39, 0.29) is 0 Å².